The van der Waals surface area contributed by atoms with Gasteiger partial charge < -0.3 is 20.3 Å². The van der Waals surface area contributed by atoms with Crippen molar-refractivity contribution < 1.29 is 14.7 Å². The molecule has 2 aromatic heterocycles. The van der Waals surface area contributed by atoms with Crippen molar-refractivity contribution in [2.45, 2.75) is 89.3 Å². The van der Waals surface area contributed by atoms with Gasteiger partial charge in [-0.3, -0.25) is 9.59 Å². The van der Waals surface area contributed by atoms with Crippen molar-refractivity contribution in [3.63, 3.8) is 0 Å². The molecule has 0 saturated heterocycles. The molecule has 2 amide bonds. The molecular formula is C29H36BN5O3. The van der Waals surface area contributed by atoms with Crippen molar-refractivity contribution in [1.82, 2.24) is 19.9 Å². The summed E-state index contributed by atoms with van der Waals surface area (Å²) in [6.45, 7) is 6.58. The molecule has 2 aliphatic carbocycles. The van der Waals surface area contributed by atoms with E-state index >= 15 is 0 Å². The van der Waals surface area contributed by atoms with Gasteiger partial charge in [0, 0.05) is 30.1 Å². The summed E-state index contributed by atoms with van der Waals surface area (Å²) in [5.41, 5.74) is 5.38. The van der Waals surface area contributed by atoms with Crippen LogP contribution < -0.4 is 16.1 Å². The van der Waals surface area contributed by atoms with Gasteiger partial charge in [-0.05, 0) is 88.1 Å². The molecule has 8 nitrogen and oxygen atoms in total. The maximum atomic E-state index is 13.2. The minimum absolute atomic E-state index is 0.0370. The highest BCUT2D eigenvalue weighted by Crippen LogP contribution is 2.38. The van der Waals surface area contributed by atoms with Crippen LogP contribution in [0.1, 0.15) is 70.2 Å². The number of aromatic nitrogens is 3. The summed E-state index contributed by atoms with van der Waals surface area (Å²) < 4.78 is 2.39. The second kappa shape index (κ2) is 8.94. The summed E-state index contributed by atoms with van der Waals surface area (Å²) in [4.78, 5) is 34.9. The fourth-order valence-electron chi connectivity index (χ4n) is 6.28. The van der Waals surface area contributed by atoms with Crippen LogP contribution in [0.5, 0.6) is 0 Å². The molecule has 0 unspecified atom stereocenters. The summed E-state index contributed by atoms with van der Waals surface area (Å²) in [6, 6.07) is 6.27. The zero-order valence-electron chi connectivity index (χ0n) is 22.7. The first-order valence-electron chi connectivity index (χ1n) is 13.9. The smallest absolute Gasteiger partial charge is 0.252 e. The van der Waals surface area contributed by atoms with E-state index in [1.807, 2.05) is 19.2 Å². The van der Waals surface area contributed by atoms with Crippen LogP contribution in [-0.4, -0.2) is 50.9 Å². The fourth-order valence-corrected chi connectivity index (χ4v) is 6.28. The average Bonchev–Trinajstić information content (AvgIpc) is 3.40. The molecule has 2 fully saturated rings. The number of nitrogens with one attached hydrogen (secondary N) is 2. The van der Waals surface area contributed by atoms with Crippen LogP contribution in [0, 0.1) is 12.8 Å². The highest BCUT2D eigenvalue weighted by atomic mass is 16.3. The normalized spacial score (nSPS) is 23.2. The number of anilines is 1. The van der Waals surface area contributed by atoms with E-state index in [1.54, 1.807) is 0 Å². The second-order valence-electron chi connectivity index (χ2n) is 12.3. The van der Waals surface area contributed by atoms with Crippen LogP contribution in [0.4, 0.5) is 5.82 Å². The molecule has 3 aromatic rings. The number of imidazole rings is 1. The van der Waals surface area contributed by atoms with Crippen molar-refractivity contribution in [1.29, 1.82) is 0 Å². The van der Waals surface area contributed by atoms with E-state index in [4.69, 9.17) is 4.98 Å². The van der Waals surface area contributed by atoms with Crippen molar-refractivity contribution in [2.24, 2.45) is 5.92 Å². The highest BCUT2D eigenvalue weighted by molar-refractivity contribution is 6.38. The van der Waals surface area contributed by atoms with Gasteiger partial charge in [-0.15, -0.1) is 0 Å². The van der Waals surface area contributed by atoms with E-state index in [0.717, 1.165) is 71.1 Å². The Morgan fingerprint density at radius 2 is 1.95 bits per heavy atom. The van der Waals surface area contributed by atoms with E-state index in [2.05, 4.69) is 54.0 Å². The third-order valence-corrected chi connectivity index (χ3v) is 8.78. The van der Waals surface area contributed by atoms with E-state index in [9.17, 15) is 14.7 Å². The Morgan fingerprint density at radius 3 is 2.71 bits per heavy atom. The first kappa shape index (κ1) is 25.1. The summed E-state index contributed by atoms with van der Waals surface area (Å²) in [5.74, 6) is 1.11. The molecule has 198 valence electrons. The molecule has 1 aliphatic heterocycles. The fraction of sp³-hybridized carbons (Fsp3) is 0.517. The maximum Gasteiger partial charge on any atom is 0.252 e. The molecule has 3 aliphatic rings. The lowest BCUT2D eigenvalue weighted by molar-refractivity contribution is -0.133. The lowest BCUT2D eigenvalue weighted by atomic mass is 9.85. The van der Waals surface area contributed by atoms with Gasteiger partial charge in [-0.25, -0.2) is 9.97 Å². The van der Waals surface area contributed by atoms with Crippen LogP contribution in [0.25, 0.3) is 22.2 Å². The van der Waals surface area contributed by atoms with Gasteiger partial charge in [0.05, 0.1) is 11.0 Å². The number of carbonyl (C=O) groups excluding carboxylic acids is 2. The summed E-state index contributed by atoms with van der Waals surface area (Å²) in [5, 5.41) is 16.1. The van der Waals surface area contributed by atoms with Crippen molar-refractivity contribution in [3.8, 4) is 11.1 Å². The Morgan fingerprint density at radius 1 is 1.16 bits per heavy atom. The zero-order valence-corrected chi connectivity index (χ0v) is 22.7. The summed E-state index contributed by atoms with van der Waals surface area (Å²) >= 11 is 0. The minimum Gasteiger partial charge on any atom is -0.380 e. The third-order valence-electron chi connectivity index (χ3n) is 8.78. The molecule has 9 heteroatoms. The Hall–Kier alpha value is -3.20. The molecule has 0 bridgehead atoms. The number of hydrogen-bond donors (Lipinski definition) is 3. The SMILES string of the molecule is Bc1cc(-c2cc(NC(=O)[C@H]3CCC[C@@H](NC(=O)C4(O)CC4)C3)ncc2C)cc2c1nc1n2C(C)(C)CC1. The van der Waals surface area contributed by atoms with Crippen LogP contribution in [0.2, 0.25) is 0 Å². The number of rotatable bonds is 5. The first-order chi connectivity index (χ1) is 18.0. The third kappa shape index (κ3) is 4.40. The van der Waals surface area contributed by atoms with Gasteiger partial charge in [0.25, 0.3) is 5.91 Å². The number of hydrogen-bond acceptors (Lipinski definition) is 5. The van der Waals surface area contributed by atoms with Crippen molar-refractivity contribution in [3.05, 3.63) is 35.8 Å². The van der Waals surface area contributed by atoms with Crippen LogP contribution >= 0.6 is 0 Å². The van der Waals surface area contributed by atoms with Gasteiger partial charge in [-0.1, -0.05) is 17.9 Å². The zero-order chi connectivity index (χ0) is 26.8. The first-order valence-corrected chi connectivity index (χ1v) is 13.9. The van der Waals surface area contributed by atoms with E-state index in [-0.39, 0.29) is 29.3 Å². The Bertz CT molecular complexity index is 1460. The summed E-state index contributed by atoms with van der Waals surface area (Å²) in [6.07, 6.45) is 7.97. The van der Waals surface area contributed by atoms with Crippen molar-refractivity contribution in [2.75, 3.05) is 5.32 Å². The monoisotopic (exact) mass is 513 g/mol. The number of nitrogens with zero attached hydrogens (tertiary/aromatic N) is 3. The molecule has 3 heterocycles. The lowest BCUT2D eigenvalue weighted by Crippen LogP contribution is -2.45. The molecule has 1 aromatic carbocycles. The number of benzene rings is 1. The molecule has 0 spiro atoms. The number of amides is 2. The van der Waals surface area contributed by atoms with Crippen LogP contribution in [0.15, 0.2) is 24.4 Å². The van der Waals surface area contributed by atoms with Gasteiger partial charge in [0.1, 0.15) is 25.1 Å². The predicted octanol–water partition coefficient (Wildman–Crippen LogP) is 2.48. The molecule has 3 N–H and O–H groups in total. The highest BCUT2D eigenvalue weighted by Gasteiger charge is 2.48. The van der Waals surface area contributed by atoms with Crippen LogP contribution in [0.3, 0.4) is 0 Å². The standard InChI is InChI=1S/C29H36BN5O3/c1-16-15-31-23(33-26(36)17-5-4-6-19(11-17)32-27(37)29(38)9-10-29)14-20(16)18-12-21(30)25-22(13-18)35-24(34-25)7-8-28(35,2)3/h12-15,17,19,38H,4-11,30H2,1-3H3,(H,32,37)(H,31,33,36)/t17-,19+/m0/s1. The van der Waals surface area contributed by atoms with Crippen molar-refractivity contribution >= 4 is 42.0 Å². The molecule has 38 heavy (non-hydrogen) atoms. The minimum atomic E-state index is -1.19. The Balaban J connectivity index is 1.22. The Labute approximate surface area is 224 Å². The quantitative estimate of drug-likeness (QED) is 0.455. The van der Waals surface area contributed by atoms with Gasteiger partial charge in [0.2, 0.25) is 5.91 Å². The predicted molar refractivity (Wildman–Crippen MR) is 150 cm³/mol. The number of carbonyl (C=O) groups is 2. The summed E-state index contributed by atoms with van der Waals surface area (Å²) in [7, 11) is 2.11. The van der Waals surface area contributed by atoms with E-state index in [0.29, 0.717) is 25.1 Å². The van der Waals surface area contributed by atoms with E-state index in [1.165, 1.54) is 0 Å². The largest absolute Gasteiger partial charge is 0.380 e. The molecule has 0 radical (unpaired) electrons. The number of fused-ring (bicyclic) bond motifs is 3. The molecule has 2 saturated carbocycles. The van der Waals surface area contributed by atoms with Gasteiger partial charge >= 0.3 is 0 Å². The maximum absolute atomic E-state index is 13.2. The topological polar surface area (TPSA) is 109 Å². The second-order valence-corrected chi connectivity index (χ2v) is 12.3. The number of aliphatic hydroxyl groups is 1. The molecular weight excluding hydrogens is 477 g/mol. The molecule has 2 atom stereocenters. The van der Waals surface area contributed by atoms with Crippen LogP contribution in [-0.2, 0) is 21.5 Å². The average molecular weight is 513 g/mol. The van der Waals surface area contributed by atoms with E-state index < -0.39 is 5.60 Å². The molecule has 6 rings (SSSR count). The van der Waals surface area contributed by atoms with Gasteiger partial charge in [0.15, 0.2) is 0 Å². The Kier molecular flexibility index (Phi) is 5.90. The number of pyridine rings is 1. The lowest BCUT2D eigenvalue weighted by Gasteiger charge is -2.29. The van der Waals surface area contributed by atoms with Gasteiger partial charge in [-0.2, -0.15) is 0 Å². The number of aryl methyl sites for hydroxylation is 2.